The van der Waals surface area contributed by atoms with Crippen molar-refractivity contribution >= 4 is 23.0 Å². The lowest BCUT2D eigenvalue weighted by Crippen LogP contribution is -1.80. The number of aromatic nitrogens is 2. The molecule has 0 spiro atoms. The lowest BCUT2D eigenvalue weighted by molar-refractivity contribution is 0.315. The number of rotatable bonds is 1. The Hall–Kier alpha value is -1.07. The van der Waals surface area contributed by atoms with Crippen molar-refractivity contribution in [3.63, 3.8) is 0 Å². The minimum Gasteiger partial charge on any atom is -0.274 e. The molecule has 0 aliphatic heterocycles. The molecule has 56 valence electrons. The van der Waals surface area contributed by atoms with Gasteiger partial charge in [-0.05, 0) is 34.4 Å². The fourth-order valence-electron chi connectivity index (χ4n) is 0.876. The summed E-state index contributed by atoms with van der Waals surface area (Å²) in [6, 6.07) is 5.56. The van der Waals surface area contributed by atoms with Gasteiger partial charge in [0.1, 0.15) is 11.0 Å². The zero-order chi connectivity index (χ0) is 7.68. The standard InChI is InChI=1S/C6H5N3OS/c7-11-5-3-1-2-4-6(5)9-10-8-4/h1-3H,7H2. The van der Waals surface area contributed by atoms with E-state index in [1.54, 1.807) is 0 Å². The van der Waals surface area contributed by atoms with E-state index < -0.39 is 0 Å². The molecule has 2 N–H and O–H groups in total. The van der Waals surface area contributed by atoms with Crippen molar-refractivity contribution in [2.24, 2.45) is 5.14 Å². The van der Waals surface area contributed by atoms with Crippen molar-refractivity contribution in [1.29, 1.82) is 0 Å². The summed E-state index contributed by atoms with van der Waals surface area (Å²) in [4.78, 5) is 0.878. The van der Waals surface area contributed by atoms with Crippen LogP contribution >= 0.6 is 11.9 Å². The van der Waals surface area contributed by atoms with Crippen LogP contribution in [0.15, 0.2) is 27.7 Å². The summed E-state index contributed by atoms with van der Waals surface area (Å²) in [6.07, 6.45) is 0. The van der Waals surface area contributed by atoms with E-state index in [0.29, 0.717) is 0 Å². The predicted octanol–water partition coefficient (Wildman–Crippen LogP) is 1.19. The van der Waals surface area contributed by atoms with Gasteiger partial charge in [-0.25, -0.2) is 4.63 Å². The minimum atomic E-state index is 0.722. The molecule has 0 atom stereocenters. The third kappa shape index (κ3) is 0.979. The van der Waals surface area contributed by atoms with Crippen molar-refractivity contribution in [2.45, 2.75) is 4.90 Å². The van der Waals surface area contributed by atoms with Crippen LogP contribution in [0.1, 0.15) is 0 Å². The van der Waals surface area contributed by atoms with E-state index in [2.05, 4.69) is 14.9 Å². The molecule has 1 aromatic heterocycles. The first kappa shape index (κ1) is 6.63. The van der Waals surface area contributed by atoms with Gasteiger partial charge in [0.15, 0.2) is 0 Å². The van der Waals surface area contributed by atoms with Gasteiger partial charge in [0, 0.05) is 0 Å². The van der Waals surface area contributed by atoms with E-state index in [1.807, 2.05) is 18.2 Å². The highest BCUT2D eigenvalue weighted by atomic mass is 32.2. The molecular weight excluding hydrogens is 162 g/mol. The molecule has 0 saturated carbocycles. The topological polar surface area (TPSA) is 64.9 Å². The zero-order valence-corrected chi connectivity index (χ0v) is 6.34. The van der Waals surface area contributed by atoms with Gasteiger partial charge in [-0.15, -0.1) is 0 Å². The number of nitrogens with two attached hydrogens (primary N) is 1. The fourth-order valence-corrected chi connectivity index (χ4v) is 1.29. The molecule has 0 aliphatic rings. The molecule has 11 heavy (non-hydrogen) atoms. The maximum Gasteiger partial charge on any atom is 0.150 e. The summed E-state index contributed by atoms with van der Waals surface area (Å²) in [5, 5.41) is 12.8. The Morgan fingerprint density at radius 1 is 1.36 bits per heavy atom. The van der Waals surface area contributed by atoms with Crippen LogP contribution in [-0.2, 0) is 0 Å². The largest absolute Gasteiger partial charge is 0.274 e. The van der Waals surface area contributed by atoms with E-state index in [-0.39, 0.29) is 0 Å². The highest BCUT2D eigenvalue weighted by Gasteiger charge is 2.03. The summed E-state index contributed by atoms with van der Waals surface area (Å²) >= 11 is 1.14. The van der Waals surface area contributed by atoms with Gasteiger partial charge >= 0.3 is 0 Å². The van der Waals surface area contributed by atoms with Crippen LogP contribution in [0.4, 0.5) is 0 Å². The van der Waals surface area contributed by atoms with Crippen LogP contribution in [0.5, 0.6) is 0 Å². The molecule has 0 bridgehead atoms. The van der Waals surface area contributed by atoms with Crippen molar-refractivity contribution in [2.75, 3.05) is 0 Å². The van der Waals surface area contributed by atoms with Crippen molar-refractivity contribution in [3.05, 3.63) is 18.2 Å². The number of hydrogen-bond donors (Lipinski definition) is 1. The highest BCUT2D eigenvalue weighted by Crippen LogP contribution is 2.20. The molecule has 2 rings (SSSR count). The summed E-state index contributed by atoms with van der Waals surface area (Å²) in [5.74, 6) is 0. The second kappa shape index (κ2) is 2.52. The molecule has 0 amide bonds. The first-order valence-corrected chi connectivity index (χ1v) is 3.88. The van der Waals surface area contributed by atoms with Crippen LogP contribution in [-0.4, -0.2) is 10.3 Å². The first-order valence-electron chi connectivity index (χ1n) is 3.00. The molecule has 5 heteroatoms. The Morgan fingerprint density at radius 3 is 3.09 bits per heavy atom. The molecule has 4 nitrogen and oxygen atoms in total. The molecule has 0 saturated heterocycles. The molecule has 2 aromatic rings. The number of fused-ring (bicyclic) bond motifs is 1. The molecule has 0 unspecified atom stereocenters. The smallest absolute Gasteiger partial charge is 0.150 e. The third-order valence-electron chi connectivity index (χ3n) is 1.38. The van der Waals surface area contributed by atoms with Gasteiger partial charge in [-0.3, -0.25) is 5.14 Å². The maximum atomic E-state index is 5.38. The Morgan fingerprint density at radius 2 is 2.27 bits per heavy atom. The Kier molecular flexibility index (Phi) is 1.52. The molecule has 0 fully saturated rings. The average Bonchev–Trinajstić information content (AvgIpc) is 2.50. The first-order chi connectivity index (χ1) is 5.42. The summed E-state index contributed by atoms with van der Waals surface area (Å²) in [6.45, 7) is 0. The van der Waals surface area contributed by atoms with E-state index in [9.17, 15) is 0 Å². The monoisotopic (exact) mass is 167 g/mol. The molecule has 1 aromatic carbocycles. The minimum absolute atomic E-state index is 0.722. The second-order valence-corrected chi connectivity index (χ2v) is 2.68. The quantitative estimate of drug-likeness (QED) is 0.646. The lowest BCUT2D eigenvalue weighted by Gasteiger charge is -1.91. The van der Waals surface area contributed by atoms with E-state index >= 15 is 0 Å². The second-order valence-electron chi connectivity index (χ2n) is 2.01. The number of hydrogen-bond acceptors (Lipinski definition) is 5. The Balaban J connectivity index is 2.79. The molecular formula is C6H5N3OS. The van der Waals surface area contributed by atoms with Gasteiger partial charge < -0.3 is 0 Å². The fraction of sp³-hybridized carbons (Fsp3) is 0. The van der Waals surface area contributed by atoms with Crippen LogP contribution in [0.25, 0.3) is 11.0 Å². The van der Waals surface area contributed by atoms with Crippen molar-refractivity contribution in [3.8, 4) is 0 Å². The summed E-state index contributed by atoms with van der Waals surface area (Å²) in [5.41, 5.74) is 1.46. The lowest BCUT2D eigenvalue weighted by atomic mass is 10.3. The van der Waals surface area contributed by atoms with Crippen molar-refractivity contribution < 1.29 is 4.63 Å². The van der Waals surface area contributed by atoms with E-state index in [0.717, 1.165) is 27.9 Å². The van der Waals surface area contributed by atoms with Crippen molar-refractivity contribution in [1.82, 2.24) is 10.3 Å². The van der Waals surface area contributed by atoms with Crippen LogP contribution in [0.2, 0.25) is 0 Å². The summed E-state index contributed by atoms with van der Waals surface area (Å²) in [7, 11) is 0. The van der Waals surface area contributed by atoms with Gasteiger partial charge in [-0.1, -0.05) is 6.07 Å². The maximum absolute atomic E-state index is 5.38. The average molecular weight is 167 g/mol. The Labute approximate surface area is 66.8 Å². The van der Waals surface area contributed by atoms with E-state index in [1.165, 1.54) is 0 Å². The SMILES string of the molecule is NSc1cccc2nonc12. The molecule has 0 aliphatic carbocycles. The number of benzene rings is 1. The van der Waals surface area contributed by atoms with Gasteiger partial charge in [0.25, 0.3) is 0 Å². The van der Waals surface area contributed by atoms with Crippen LogP contribution < -0.4 is 5.14 Å². The predicted molar refractivity (Wildman–Crippen MR) is 41.8 cm³/mol. The Bertz CT molecular complexity index is 373. The van der Waals surface area contributed by atoms with Gasteiger partial charge in [-0.2, -0.15) is 0 Å². The number of nitrogens with zero attached hydrogens (tertiary/aromatic N) is 2. The van der Waals surface area contributed by atoms with Crippen LogP contribution in [0.3, 0.4) is 0 Å². The molecule has 1 heterocycles. The third-order valence-corrected chi connectivity index (χ3v) is 1.96. The normalized spacial score (nSPS) is 10.6. The van der Waals surface area contributed by atoms with Gasteiger partial charge in [0.2, 0.25) is 0 Å². The molecule has 0 radical (unpaired) electrons. The zero-order valence-electron chi connectivity index (χ0n) is 5.52. The van der Waals surface area contributed by atoms with Gasteiger partial charge in [0.05, 0.1) is 4.90 Å². The summed E-state index contributed by atoms with van der Waals surface area (Å²) < 4.78 is 4.54. The van der Waals surface area contributed by atoms with E-state index in [4.69, 9.17) is 5.14 Å². The highest BCUT2D eigenvalue weighted by molar-refractivity contribution is 7.97. The van der Waals surface area contributed by atoms with Crippen LogP contribution in [0, 0.1) is 0 Å².